The Bertz CT molecular complexity index is 3580. The van der Waals surface area contributed by atoms with Gasteiger partial charge in [0, 0.05) is 44.7 Å². The van der Waals surface area contributed by atoms with Gasteiger partial charge in [0.05, 0.1) is 38.7 Å². The topological polar surface area (TPSA) is 61.4 Å². The first-order valence-corrected chi connectivity index (χ1v) is 20.1. The summed E-state index contributed by atoms with van der Waals surface area (Å²) in [6.07, 6.45) is 1.84. The Kier molecular flexibility index (Phi) is 7.74. The monoisotopic (exact) mass is 766 g/mol. The molecule has 0 atom stereocenters. The largest absolute Gasteiger partial charge is 0.294 e. The van der Waals surface area contributed by atoms with Gasteiger partial charge in [-0.2, -0.15) is 0 Å². The second-order valence-corrected chi connectivity index (χ2v) is 15.1. The molecule has 0 bridgehead atoms. The Labute approximate surface area is 345 Å². The van der Waals surface area contributed by atoms with E-state index < -0.39 is 0 Å². The molecule has 0 radical (unpaired) electrons. The Balaban J connectivity index is 1.09. The number of hydrogen-bond donors (Lipinski definition) is 0. The van der Waals surface area contributed by atoms with Crippen LogP contribution in [0.3, 0.4) is 0 Å². The van der Waals surface area contributed by atoms with Gasteiger partial charge >= 0.3 is 0 Å². The highest BCUT2D eigenvalue weighted by Gasteiger charge is 2.22. The Morgan fingerprint density at radius 2 is 0.983 bits per heavy atom. The van der Waals surface area contributed by atoms with Crippen LogP contribution in [0.5, 0.6) is 0 Å². The van der Waals surface area contributed by atoms with Crippen LogP contribution in [0, 0.1) is 0 Å². The van der Waals surface area contributed by atoms with Crippen molar-refractivity contribution in [3.63, 3.8) is 0 Å². The van der Waals surface area contributed by atoms with Gasteiger partial charge in [-0.1, -0.05) is 140 Å². The highest BCUT2D eigenvalue weighted by molar-refractivity contribution is 6.16. The van der Waals surface area contributed by atoms with Gasteiger partial charge in [0.15, 0.2) is 5.82 Å². The molecule has 0 N–H and O–H groups in total. The number of benzene rings is 7. The van der Waals surface area contributed by atoms with Gasteiger partial charge in [-0.3, -0.25) is 14.1 Å². The average Bonchev–Trinajstić information content (AvgIpc) is 3.84. The molecule has 12 aromatic rings. The summed E-state index contributed by atoms with van der Waals surface area (Å²) < 4.78 is 4.57. The SMILES string of the molecule is c1ccc(-c2nc(-c3ccccc3)c3c4cc(-c5ccc6c(c5)c5ccccc5n6-c5cc(-c6ccccc6)c6ncccc6n5)ccc4n(-c4ccccc4)c3n2)cc1. The lowest BCUT2D eigenvalue weighted by atomic mass is 9.99. The first kappa shape index (κ1) is 33.9. The predicted molar refractivity (Wildman–Crippen MR) is 246 cm³/mol. The van der Waals surface area contributed by atoms with Crippen molar-refractivity contribution < 1.29 is 0 Å². The molecule has 0 aliphatic heterocycles. The van der Waals surface area contributed by atoms with Crippen molar-refractivity contribution in [3.8, 4) is 56.4 Å². The summed E-state index contributed by atoms with van der Waals surface area (Å²) in [4.78, 5) is 20.6. The number of hydrogen-bond acceptors (Lipinski definition) is 4. The molecule has 280 valence electrons. The highest BCUT2D eigenvalue weighted by Crippen LogP contribution is 2.41. The quantitative estimate of drug-likeness (QED) is 0.169. The summed E-state index contributed by atoms with van der Waals surface area (Å²) in [5.41, 5.74) is 14.2. The third-order valence-corrected chi connectivity index (χ3v) is 11.6. The van der Waals surface area contributed by atoms with E-state index in [0.29, 0.717) is 5.82 Å². The summed E-state index contributed by atoms with van der Waals surface area (Å²) >= 11 is 0. The molecule has 60 heavy (non-hydrogen) atoms. The zero-order chi connectivity index (χ0) is 39.6. The van der Waals surface area contributed by atoms with Gasteiger partial charge in [0.25, 0.3) is 0 Å². The van der Waals surface area contributed by atoms with Crippen molar-refractivity contribution in [3.05, 3.63) is 206 Å². The van der Waals surface area contributed by atoms with Crippen molar-refractivity contribution in [2.45, 2.75) is 0 Å². The molecule has 0 saturated carbocycles. The first-order valence-electron chi connectivity index (χ1n) is 20.1. The minimum atomic E-state index is 0.692. The zero-order valence-corrected chi connectivity index (χ0v) is 32.3. The lowest BCUT2D eigenvalue weighted by molar-refractivity contribution is 1.10. The first-order chi connectivity index (χ1) is 29.8. The van der Waals surface area contributed by atoms with Gasteiger partial charge in [-0.25, -0.2) is 15.0 Å². The fourth-order valence-corrected chi connectivity index (χ4v) is 8.84. The molecular weight excluding hydrogens is 733 g/mol. The van der Waals surface area contributed by atoms with Crippen LogP contribution in [-0.2, 0) is 0 Å². The van der Waals surface area contributed by atoms with E-state index >= 15 is 0 Å². The number of aromatic nitrogens is 6. The summed E-state index contributed by atoms with van der Waals surface area (Å²) in [5, 5.41) is 4.43. The van der Waals surface area contributed by atoms with Gasteiger partial charge in [-0.05, 0) is 77.4 Å². The fourth-order valence-electron chi connectivity index (χ4n) is 8.84. The van der Waals surface area contributed by atoms with Crippen molar-refractivity contribution in [1.82, 2.24) is 29.1 Å². The maximum Gasteiger partial charge on any atom is 0.162 e. The van der Waals surface area contributed by atoms with Crippen molar-refractivity contribution >= 4 is 54.8 Å². The zero-order valence-electron chi connectivity index (χ0n) is 32.3. The molecule has 6 nitrogen and oxygen atoms in total. The number of para-hydroxylation sites is 2. The van der Waals surface area contributed by atoms with Crippen molar-refractivity contribution in [2.24, 2.45) is 0 Å². The van der Waals surface area contributed by atoms with E-state index in [1.54, 1.807) is 0 Å². The van der Waals surface area contributed by atoms with E-state index in [0.717, 1.165) is 100.0 Å². The number of fused-ring (bicyclic) bond motifs is 7. The molecule has 5 heterocycles. The Morgan fingerprint density at radius 3 is 1.72 bits per heavy atom. The number of rotatable bonds is 6. The normalized spacial score (nSPS) is 11.7. The van der Waals surface area contributed by atoms with Crippen LogP contribution < -0.4 is 0 Å². The lowest BCUT2D eigenvalue weighted by Crippen LogP contribution is -2.00. The van der Waals surface area contributed by atoms with Crippen LogP contribution >= 0.6 is 0 Å². The van der Waals surface area contributed by atoms with E-state index in [2.05, 4.69) is 167 Å². The molecule has 0 spiro atoms. The van der Waals surface area contributed by atoms with Gasteiger partial charge in [-0.15, -0.1) is 0 Å². The van der Waals surface area contributed by atoms with Crippen LogP contribution in [0.4, 0.5) is 0 Å². The number of nitrogens with zero attached hydrogens (tertiary/aromatic N) is 6. The molecule has 0 saturated heterocycles. The van der Waals surface area contributed by atoms with Gasteiger partial charge in [0.1, 0.15) is 11.5 Å². The van der Waals surface area contributed by atoms with Crippen molar-refractivity contribution in [1.29, 1.82) is 0 Å². The van der Waals surface area contributed by atoms with Crippen molar-refractivity contribution in [2.75, 3.05) is 0 Å². The maximum atomic E-state index is 5.34. The molecule has 0 aliphatic rings. The minimum absolute atomic E-state index is 0.692. The molecule has 6 heteroatoms. The van der Waals surface area contributed by atoms with E-state index in [4.69, 9.17) is 19.9 Å². The van der Waals surface area contributed by atoms with E-state index in [1.165, 1.54) is 5.39 Å². The maximum absolute atomic E-state index is 5.34. The second-order valence-electron chi connectivity index (χ2n) is 15.1. The standard InChI is InChI=1S/C54H34N6/c1-5-16-35(17-6-1)42-34-49(56-45-25-15-31-55-52(42)45)60-46-26-14-13-24-41(46)43-32-38(27-29-47(43)60)39-28-30-48-44(33-39)50-51(36-18-7-2-8-19-36)57-53(37-20-9-3-10-21-37)58-54(50)59(48)40-22-11-4-12-23-40/h1-34H. The third kappa shape index (κ3) is 5.42. The summed E-state index contributed by atoms with van der Waals surface area (Å²) in [7, 11) is 0. The summed E-state index contributed by atoms with van der Waals surface area (Å²) in [6.45, 7) is 0. The summed E-state index contributed by atoms with van der Waals surface area (Å²) in [5.74, 6) is 1.55. The third-order valence-electron chi connectivity index (χ3n) is 11.6. The van der Waals surface area contributed by atoms with Crippen LogP contribution in [0.25, 0.3) is 111 Å². The van der Waals surface area contributed by atoms with E-state index in [9.17, 15) is 0 Å². The molecule has 12 rings (SSSR count). The summed E-state index contributed by atoms with van der Waals surface area (Å²) in [6, 6.07) is 70.1. The molecule has 0 aliphatic carbocycles. The van der Waals surface area contributed by atoms with Gasteiger partial charge in [0.2, 0.25) is 0 Å². The molecule has 0 unspecified atom stereocenters. The highest BCUT2D eigenvalue weighted by atomic mass is 15.1. The van der Waals surface area contributed by atoms with Crippen LogP contribution in [-0.4, -0.2) is 29.1 Å². The lowest BCUT2D eigenvalue weighted by Gasteiger charge is -2.12. The average molecular weight is 767 g/mol. The van der Waals surface area contributed by atoms with Gasteiger partial charge < -0.3 is 0 Å². The van der Waals surface area contributed by atoms with Crippen LogP contribution in [0.1, 0.15) is 0 Å². The molecule has 7 aromatic carbocycles. The Hall–Kier alpha value is -8.22. The molecule has 0 fully saturated rings. The minimum Gasteiger partial charge on any atom is -0.294 e. The van der Waals surface area contributed by atoms with E-state index in [1.807, 2.05) is 48.7 Å². The Morgan fingerprint density at radius 1 is 0.383 bits per heavy atom. The second kappa shape index (κ2) is 13.7. The molecule has 0 amide bonds. The van der Waals surface area contributed by atoms with Crippen LogP contribution in [0.2, 0.25) is 0 Å². The molecular formula is C54H34N6. The number of pyridine rings is 2. The van der Waals surface area contributed by atoms with E-state index in [-0.39, 0.29) is 0 Å². The smallest absolute Gasteiger partial charge is 0.162 e. The fraction of sp³-hybridized carbons (Fsp3) is 0. The van der Waals surface area contributed by atoms with Crippen LogP contribution in [0.15, 0.2) is 206 Å². The molecule has 5 aromatic heterocycles. The predicted octanol–water partition coefficient (Wildman–Crippen LogP) is 13.3.